The van der Waals surface area contributed by atoms with Gasteiger partial charge in [0, 0.05) is 24.0 Å². The first-order chi connectivity index (χ1) is 11.6. The van der Waals surface area contributed by atoms with Crippen molar-refractivity contribution >= 4 is 29.3 Å². The van der Waals surface area contributed by atoms with Gasteiger partial charge in [0.2, 0.25) is 11.8 Å². The van der Waals surface area contributed by atoms with Gasteiger partial charge in [-0.1, -0.05) is 31.7 Å². The van der Waals surface area contributed by atoms with Crippen molar-refractivity contribution in [2.75, 3.05) is 11.9 Å². The van der Waals surface area contributed by atoms with E-state index >= 15 is 0 Å². The van der Waals surface area contributed by atoms with Crippen molar-refractivity contribution in [3.63, 3.8) is 0 Å². The molecule has 0 saturated carbocycles. The van der Waals surface area contributed by atoms with Crippen LogP contribution in [-0.4, -0.2) is 28.3 Å². The summed E-state index contributed by atoms with van der Waals surface area (Å²) in [7, 11) is 0. The van der Waals surface area contributed by atoms with Crippen molar-refractivity contribution in [3.8, 4) is 0 Å². The Morgan fingerprint density at radius 3 is 2.67 bits per heavy atom. The summed E-state index contributed by atoms with van der Waals surface area (Å²) < 4.78 is 0. The molecule has 2 aromatic rings. The van der Waals surface area contributed by atoms with Crippen LogP contribution in [-0.2, 0) is 9.59 Å². The van der Waals surface area contributed by atoms with Crippen LogP contribution in [0.3, 0.4) is 0 Å². The van der Waals surface area contributed by atoms with Gasteiger partial charge in [0.05, 0.1) is 6.54 Å². The summed E-state index contributed by atoms with van der Waals surface area (Å²) in [5.41, 5.74) is 0.631. The molecule has 0 aliphatic rings. The van der Waals surface area contributed by atoms with Gasteiger partial charge < -0.3 is 10.6 Å². The van der Waals surface area contributed by atoms with Gasteiger partial charge in [-0.2, -0.15) is 0 Å². The quantitative estimate of drug-likeness (QED) is 0.807. The molecular weight excluding hydrogens is 324 g/mol. The molecule has 1 atom stereocenters. The summed E-state index contributed by atoms with van der Waals surface area (Å²) >= 11 is 1.41. The van der Waals surface area contributed by atoms with Gasteiger partial charge in [-0.15, -0.1) is 0 Å². The molecule has 2 N–H and O–H groups in total. The lowest BCUT2D eigenvalue weighted by Gasteiger charge is -2.10. The first kappa shape index (κ1) is 17.9. The van der Waals surface area contributed by atoms with Gasteiger partial charge in [-0.25, -0.2) is 9.97 Å². The van der Waals surface area contributed by atoms with Crippen LogP contribution in [0.5, 0.6) is 0 Å². The molecule has 0 bridgehead atoms. The molecule has 0 saturated heterocycles. The third-order valence-electron chi connectivity index (χ3n) is 3.35. The number of aromatic nitrogens is 2. The van der Waals surface area contributed by atoms with Crippen LogP contribution in [0.4, 0.5) is 5.69 Å². The van der Waals surface area contributed by atoms with Gasteiger partial charge in [0.1, 0.15) is 10.1 Å². The minimum atomic E-state index is -0.272. The summed E-state index contributed by atoms with van der Waals surface area (Å²) in [5, 5.41) is 6.94. The normalized spacial score (nSPS) is 11.6. The Balaban J connectivity index is 1.89. The average molecular weight is 344 g/mol. The van der Waals surface area contributed by atoms with Crippen molar-refractivity contribution in [2.45, 2.75) is 30.3 Å². The summed E-state index contributed by atoms with van der Waals surface area (Å²) in [4.78, 5) is 32.1. The predicted octanol–water partition coefficient (Wildman–Crippen LogP) is 2.73. The van der Waals surface area contributed by atoms with Gasteiger partial charge in [-0.3, -0.25) is 9.59 Å². The molecule has 2 rings (SSSR count). The standard InChI is InChI=1S/C17H20N4O2S/c1-3-12(2)17(23)20-11-14(22)21-13-7-9-19-16(10-13)24-15-6-4-5-8-18-15/h4-10,12H,3,11H2,1-2H3,(H,20,23)(H,19,21,22). The van der Waals surface area contributed by atoms with E-state index in [-0.39, 0.29) is 24.3 Å². The zero-order valence-electron chi connectivity index (χ0n) is 13.7. The maximum absolute atomic E-state index is 11.9. The van der Waals surface area contributed by atoms with Crippen molar-refractivity contribution in [1.29, 1.82) is 0 Å². The first-order valence-corrected chi connectivity index (χ1v) is 8.52. The topological polar surface area (TPSA) is 84.0 Å². The van der Waals surface area contributed by atoms with Crippen LogP contribution in [0, 0.1) is 5.92 Å². The lowest BCUT2D eigenvalue weighted by Crippen LogP contribution is -2.35. The summed E-state index contributed by atoms with van der Waals surface area (Å²) in [6.07, 6.45) is 4.08. The maximum atomic E-state index is 11.9. The Kier molecular flexibility index (Phi) is 6.74. The smallest absolute Gasteiger partial charge is 0.243 e. The minimum Gasteiger partial charge on any atom is -0.347 e. The Bertz CT molecular complexity index is 694. The Morgan fingerprint density at radius 2 is 1.96 bits per heavy atom. The monoisotopic (exact) mass is 344 g/mol. The third-order valence-corrected chi connectivity index (χ3v) is 4.23. The molecule has 0 fully saturated rings. The molecule has 2 aromatic heterocycles. The zero-order chi connectivity index (χ0) is 17.4. The average Bonchev–Trinajstić information content (AvgIpc) is 2.60. The summed E-state index contributed by atoms with van der Waals surface area (Å²) in [5.74, 6) is -0.486. The van der Waals surface area contributed by atoms with Crippen LogP contribution >= 0.6 is 11.8 Å². The molecule has 6 nitrogen and oxygen atoms in total. The van der Waals surface area contributed by atoms with Crippen molar-refractivity contribution < 1.29 is 9.59 Å². The van der Waals surface area contributed by atoms with E-state index in [1.54, 1.807) is 24.5 Å². The molecule has 0 aromatic carbocycles. The van der Waals surface area contributed by atoms with Crippen LogP contribution in [0.25, 0.3) is 0 Å². The molecule has 0 aliphatic heterocycles. The Morgan fingerprint density at radius 1 is 1.17 bits per heavy atom. The number of nitrogens with one attached hydrogen (secondary N) is 2. The van der Waals surface area contributed by atoms with Crippen molar-refractivity contribution in [1.82, 2.24) is 15.3 Å². The summed E-state index contributed by atoms with van der Waals surface area (Å²) in [6.45, 7) is 3.72. The molecule has 2 heterocycles. The fourth-order valence-corrected chi connectivity index (χ4v) is 2.56. The van der Waals surface area contributed by atoms with E-state index in [0.717, 1.165) is 16.5 Å². The Hall–Kier alpha value is -2.41. The molecule has 2 amide bonds. The number of pyridine rings is 2. The van der Waals surface area contributed by atoms with E-state index in [2.05, 4.69) is 20.6 Å². The number of anilines is 1. The van der Waals surface area contributed by atoms with Gasteiger partial charge >= 0.3 is 0 Å². The second kappa shape index (κ2) is 9.02. The molecule has 0 aliphatic carbocycles. The van der Waals surface area contributed by atoms with Gasteiger partial charge in [0.25, 0.3) is 0 Å². The molecule has 1 unspecified atom stereocenters. The van der Waals surface area contributed by atoms with Gasteiger partial charge in [-0.05, 0) is 30.7 Å². The summed E-state index contributed by atoms with van der Waals surface area (Å²) in [6, 6.07) is 9.12. The molecule has 0 spiro atoms. The van der Waals surface area contributed by atoms with Crippen molar-refractivity contribution in [2.24, 2.45) is 5.92 Å². The third kappa shape index (κ3) is 5.66. The highest BCUT2D eigenvalue weighted by molar-refractivity contribution is 7.99. The molecule has 7 heteroatoms. The number of rotatable bonds is 7. The molecular formula is C17H20N4O2S. The molecule has 126 valence electrons. The second-order valence-corrected chi connectivity index (χ2v) is 6.27. The van der Waals surface area contributed by atoms with E-state index < -0.39 is 0 Å². The van der Waals surface area contributed by atoms with E-state index in [1.807, 2.05) is 32.0 Å². The first-order valence-electron chi connectivity index (χ1n) is 7.71. The van der Waals surface area contributed by atoms with E-state index in [4.69, 9.17) is 0 Å². The highest BCUT2D eigenvalue weighted by Crippen LogP contribution is 2.25. The fraction of sp³-hybridized carbons (Fsp3) is 0.294. The Labute approximate surface area is 145 Å². The largest absolute Gasteiger partial charge is 0.347 e. The predicted molar refractivity (Wildman–Crippen MR) is 93.7 cm³/mol. The van der Waals surface area contributed by atoms with E-state index in [0.29, 0.717) is 5.69 Å². The van der Waals surface area contributed by atoms with E-state index in [9.17, 15) is 9.59 Å². The van der Waals surface area contributed by atoms with E-state index in [1.165, 1.54) is 11.8 Å². The molecule has 24 heavy (non-hydrogen) atoms. The lowest BCUT2D eigenvalue weighted by molar-refractivity contribution is -0.126. The van der Waals surface area contributed by atoms with Crippen LogP contribution in [0.15, 0.2) is 52.8 Å². The number of nitrogens with zero attached hydrogens (tertiary/aromatic N) is 2. The molecule has 0 radical (unpaired) electrons. The minimum absolute atomic E-state index is 0.0474. The lowest BCUT2D eigenvalue weighted by atomic mass is 10.1. The number of hydrogen-bond acceptors (Lipinski definition) is 5. The van der Waals surface area contributed by atoms with Crippen LogP contribution in [0.2, 0.25) is 0 Å². The fourth-order valence-electron chi connectivity index (χ4n) is 1.79. The van der Waals surface area contributed by atoms with Crippen LogP contribution in [0.1, 0.15) is 20.3 Å². The number of carbonyl (C=O) groups excluding carboxylic acids is 2. The van der Waals surface area contributed by atoms with Crippen LogP contribution < -0.4 is 10.6 Å². The zero-order valence-corrected chi connectivity index (χ0v) is 14.5. The number of carbonyl (C=O) groups is 2. The highest BCUT2D eigenvalue weighted by atomic mass is 32.2. The number of amides is 2. The number of hydrogen-bond donors (Lipinski definition) is 2. The van der Waals surface area contributed by atoms with Gasteiger partial charge in [0.15, 0.2) is 0 Å². The SMILES string of the molecule is CCC(C)C(=O)NCC(=O)Nc1ccnc(Sc2ccccn2)c1. The van der Waals surface area contributed by atoms with Crippen molar-refractivity contribution in [3.05, 3.63) is 42.7 Å². The second-order valence-electron chi connectivity index (χ2n) is 5.23. The maximum Gasteiger partial charge on any atom is 0.243 e. The highest BCUT2D eigenvalue weighted by Gasteiger charge is 2.12.